The fourth-order valence-electron chi connectivity index (χ4n) is 1.64. The Labute approximate surface area is 125 Å². The second-order valence-corrected chi connectivity index (χ2v) is 4.78. The molecule has 0 aromatic heterocycles. The molecule has 0 saturated heterocycles. The number of carbonyl (C=O) groups excluding carboxylic acids is 1. The van der Waals surface area contributed by atoms with E-state index in [2.05, 4.69) is 5.32 Å². The fourth-order valence-corrected chi connectivity index (χ4v) is 1.75. The summed E-state index contributed by atoms with van der Waals surface area (Å²) in [5.74, 6) is -1.48. The zero-order chi connectivity index (χ0) is 15.4. The third-order valence-electron chi connectivity index (χ3n) is 2.70. The second kappa shape index (κ2) is 6.54. The minimum Gasteiger partial charge on any atom is -0.484 e. The lowest BCUT2D eigenvalue weighted by Gasteiger charge is -2.09. The molecular weight excluding hydrogens is 300 g/mol. The zero-order valence-corrected chi connectivity index (χ0v) is 11.9. The van der Waals surface area contributed by atoms with E-state index in [1.165, 1.54) is 0 Å². The topological polar surface area (TPSA) is 38.3 Å². The molecule has 1 amide bonds. The van der Waals surface area contributed by atoms with Crippen LogP contribution in [-0.4, -0.2) is 12.5 Å². The highest BCUT2D eigenvalue weighted by atomic mass is 35.5. The minimum atomic E-state index is -0.716. The van der Waals surface area contributed by atoms with Crippen molar-refractivity contribution in [2.45, 2.75) is 6.92 Å². The largest absolute Gasteiger partial charge is 0.484 e. The summed E-state index contributed by atoms with van der Waals surface area (Å²) < 4.78 is 31.6. The fraction of sp³-hybridized carbons (Fsp3) is 0.133. The van der Waals surface area contributed by atoms with Gasteiger partial charge in [-0.25, -0.2) is 8.78 Å². The molecule has 0 spiro atoms. The molecule has 2 rings (SSSR count). The van der Waals surface area contributed by atoms with E-state index in [0.717, 1.165) is 23.8 Å². The Morgan fingerprint density at radius 2 is 2.00 bits per heavy atom. The van der Waals surface area contributed by atoms with Gasteiger partial charge < -0.3 is 10.1 Å². The van der Waals surface area contributed by atoms with Crippen molar-refractivity contribution in [1.29, 1.82) is 0 Å². The number of hydrogen-bond donors (Lipinski definition) is 1. The first-order chi connectivity index (χ1) is 9.95. The lowest BCUT2D eigenvalue weighted by atomic mass is 10.2. The number of nitrogens with one attached hydrogen (secondary N) is 1. The number of rotatable bonds is 4. The van der Waals surface area contributed by atoms with Gasteiger partial charge in [0.15, 0.2) is 6.61 Å². The number of ether oxygens (including phenoxy) is 1. The summed E-state index contributed by atoms with van der Waals surface area (Å²) in [7, 11) is 0. The van der Waals surface area contributed by atoms with E-state index in [1.807, 2.05) is 0 Å². The Balaban J connectivity index is 1.95. The minimum absolute atomic E-state index is 0.226. The molecule has 6 heteroatoms. The molecule has 0 atom stereocenters. The van der Waals surface area contributed by atoms with Gasteiger partial charge in [0, 0.05) is 11.1 Å². The van der Waals surface area contributed by atoms with Gasteiger partial charge >= 0.3 is 0 Å². The molecule has 2 aromatic rings. The second-order valence-electron chi connectivity index (χ2n) is 4.37. The Kier molecular flexibility index (Phi) is 4.75. The summed E-state index contributed by atoms with van der Waals surface area (Å²) in [6, 6.07) is 7.76. The van der Waals surface area contributed by atoms with Gasteiger partial charge in [-0.3, -0.25) is 4.79 Å². The van der Waals surface area contributed by atoms with Crippen LogP contribution in [0.5, 0.6) is 5.75 Å². The van der Waals surface area contributed by atoms with Gasteiger partial charge in [-0.2, -0.15) is 0 Å². The number of aryl methyl sites for hydroxylation is 1. The van der Waals surface area contributed by atoms with Gasteiger partial charge in [0.05, 0.1) is 5.69 Å². The summed E-state index contributed by atoms with van der Waals surface area (Å²) in [5, 5.41) is 2.83. The number of hydrogen-bond acceptors (Lipinski definition) is 2. The van der Waals surface area contributed by atoms with Crippen molar-refractivity contribution in [2.75, 3.05) is 11.9 Å². The van der Waals surface area contributed by atoms with Crippen LogP contribution in [0, 0.1) is 18.6 Å². The normalized spacial score (nSPS) is 10.3. The molecule has 3 nitrogen and oxygen atoms in total. The lowest BCUT2D eigenvalue weighted by Crippen LogP contribution is -2.20. The molecule has 0 aliphatic heterocycles. The van der Waals surface area contributed by atoms with Crippen molar-refractivity contribution in [3.05, 3.63) is 58.6 Å². The van der Waals surface area contributed by atoms with Crippen LogP contribution >= 0.6 is 11.6 Å². The summed E-state index contributed by atoms with van der Waals surface area (Å²) in [4.78, 5) is 11.6. The molecule has 0 saturated carbocycles. The van der Waals surface area contributed by atoms with Crippen LogP contribution in [0.15, 0.2) is 36.4 Å². The van der Waals surface area contributed by atoms with Gasteiger partial charge in [0.25, 0.3) is 5.91 Å². The van der Waals surface area contributed by atoms with E-state index in [4.69, 9.17) is 16.3 Å². The van der Waals surface area contributed by atoms with E-state index >= 15 is 0 Å². The maximum absolute atomic E-state index is 13.4. The summed E-state index contributed by atoms with van der Waals surface area (Å²) in [6.45, 7) is 1.48. The number of benzene rings is 2. The average molecular weight is 312 g/mol. The van der Waals surface area contributed by atoms with Gasteiger partial charge in [-0.15, -0.1) is 0 Å². The van der Waals surface area contributed by atoms with E-state index in [1.54, 1.807) is 25.1 Å². The smallest absolute Gasteiger partial charge is 0.262 e. The SMILES string of the molecule is Cc1cc(OCC(=O)Nc2cc(F)ccc2F)ccc1Cl. The lowest BCUT2D eigenvalue weighted by molar-refractivity contribution is -0.118. The van der Waals surface area contributed by atoms with Gasteiger partial charge in [0.2, 0.25) is 0 Å². The van der Waals surface area contributed by atoms with Crippen LogP contribution in [0.4, 0.5) is 14.5 Å². The van der Waals surface area contributed by atoms with Crippen LogP contribution in [0.2, 0.25) is 5.02 Å². The highest BCUT2D eigenvalue weighted by Crippen LogP contribution is 2.21. The van der Waals surface area contributed by atoms with Crippen molar-refractivity contribution >= 4 is 23.2 Å². The number of anilines is 1. The molecule has 2 aromatic carbocycles. The standard InChI is InChI=1S/C15H12ClF2NO2/c1-9-6-11(3-4-12(9)16)21-8-15(20)19-14-7-10(17)2-5-13(14)18/h2-7H,8H2,1H3,(H,19,20). The molecule has 21 heavy (non-hydrogen) atoms. The van der Waals surface area contributed by atoms with E-state index in [0.29, 0.717) is 10.8 Å². The molecule has 0 bridgehead atoms. The van der Waals surface area contributed by atoms with E-state index in [9.17, 15) is 13.6 Å². The molecular formula is C15H12ClF2NO2. The molecule has 0 aliphatic rings. The van der Waals surface area contributed by atoms with Gasteiger partial charge in [-0.05, 0) is 42.8 Å². The Morgan fingerprint density at radius 1 is 1.24 bits per heavy atom. The molecule has 1 N–H and O–H groups in total. The van der Waals surface area contributed by atoms with Gasteiger partial charge in [-0.1, -0.05) is 11.6 Å². The highest BCUT2D eigenvalue weighted by Gasteiger charge is 2.09. The molecule has 110 valence electrons. The van der Waals surface area contributed by atoms with Crippen LogP contribution in [0.25, 0.3) is 0 Å². The quantitative estimate of drug-likeness (QED) is 0.928. The third-order valence-corrected chi connectivity index (χ3v) is 3.13. The van der Waals surface area contributed by atoms with E-state index in [-0.39, 0.29) is 12.3 Å². The number of halogens is 3. The third kappa shape index (κ3) is 4.16. The van der Waals surface area contributed by atoms with Crippen molar-refractivity contribution in [3.63, 3.8) is 0 Å². The molecule has 0 heterocycles. The molecule has 0 aliphatic carbocycles. The monoisotopic (exact) mass is 311 g/mol. The van der Waals surface area contributed by atoms with Crippen molar-refractivity contribution < 1.29 is 18.3 Å². The zero-order valence-electron chi connectivity index (χ0n) is 11.1. The number of amides is 1. The van der Waals surface area contributed by atoms with Crippen LogP contribution < -0.4 is 10.1 Å². The highest BCUT2D eigenvalue weighted by molar-refractivity contribution is 6.31. The van der Waals surface area contributed by atoms with Crippen LogP contribution in [0.1, 0.15) is 5.56 Å². The van der Waals surface area contributed by atoms with Crippen molar-refractivity contribution in [3.8, 4) is 5.75 Å². The maximum Gasteiger partial charge on any atom is 0.262 e. The van der Waals surface area contributed by atoms with E-state index < -0.39 is 17.5 Å². The summed E-state index contributed by atoms with van der Waals surface area (Å²) >= 11 is 5.87. The predicted octanol–water partition coefficient (Wildman–Crippen LogP) is 3.94. The maximum atomic E-state index is 13.4. The first kappa shape index (κ1) is 15.3. The Morgan fingerprint density at radius 3 is 2.71 bits per heavy atom. The molecule has 0 radical (unpaired) electrons. The summed E-state index contributed by atoms with van der Waals surface area (Å²) in [5.41, 5.74) is 0.585. The van der Waals surface area contributed by atoms with Crippen LogP contribution in [0.3, 0.4) is 0 Å². The Bertz CT molecular complexity index is 677. The van der Waals surface area contributed by atoms with Crippen LogP contribution in [-0.2, 0) is 4.79 Å². The van der Waals surface area contributed by atoms with Crippen molar-refractivity contribution in [1.82, 2.24) is 0 Å². The number of carbonyl (C=O) groups is 1. The molecule has 0 fully saturated rings. The predicted molar refractivity (Wildman–Crippen MR) is 76.7 cm³/mol. The Hall–Kier alpha value is -2.14. The summed E-state index contributed by atoms with van der Waals surface area (Å²) in [6.07, 6.45) is 0. The average Bonchev–Trinajstić information content (AvgIpc) is 2.44. The van der Waals surface area contributed by atoms with Gasteiger partial charge in [0.1, 0.15) is 17.4 Å². The molecule has 0 unspecified atom stereocenters. The first-order valence-electron chi connectivity index (χ1n) is 6.09. The first-order valence-corrected chi connectivity index (χ1v) is 6.47. The van der Waals surface area contributed by atoms with Crippen molar-refractivity contribution in [2.24, 2.45) is 0 Å².